The topological polar surface area (TPSA) is 191 Å². The molecule has 2 N–H and O–H groups in total. The summed E-state index contributed by atoms with van der Waals surface area (Å²) in [5.41, 5.74) is -0.0192. The Hall–Kier alpha value is -2.76. The van der Waals surface area contributed by atoms with Gasteiger partial charge in [-0.15, -0.1) is 0 Å². The molecule has 4 aromatic carbocycles. The van der Waals surface area contributed by atoms with Gasteiger partial charge in [0.15, 0.2) is 0 Å². The Morgan fingerprint density at radius 2 is 0.909 bits per heavy atom. The fourth-order valence-electron chi connectivity index (χ4n) is 3.89. The summed E-state index contributed by atoms with van der Waals surface area (Å²) >= 11 is 0. The number of hydrogen-bond acceptors (Lipinski definition) is 10. The molecular formula is C28H22N2Na2O10S2. The van der Waals surface area contributed by atoms with Gasteiger partial charge in [0.2, 0.25) is 0 Å². The van der Waals surface area contributed by atoms with Crippen molar-refractivity contribution in [2.75, 3.05) is 10.6 Å². The van der Waals surface area contributed by atoms with Crippen molar-refractivity contribution in [1.29, 1.82) is 0 Å². The monoisotopic (exact) mass is 656 g/mol. The standard InChI is InChI=1S/C28H24N2O10S2.2Na/c31-27(39-23-7-3-1-4-8-23)29-21-15-13-19(25(17-21)41(33,34)35)11-12-20-14-16-22(18-26(20)42(36,37)38)30-28(32)40-24-9-5-2-6-10-24;;/h1-10,13-18H,11-12H2,(H,29,31)(H,30,32)(H,33,34,35)(H,36,37,38);;/q;2*+1/p-2. The van der Waals surface area contributed by atoms with Gasteiger partial charge in [-0.2, -0.15) is 0 Å². The van der Waals surface area contributed by atoms with Gasteiger partial charge in [0.1, 0.15) is 31.7 Å². The van der Waals surface area contributed by atoms with Crippen LogP contribution < -0.4 is 79.2 Å². The molecule has 0 bridgehead atoms. The molecule has 44 heavy (non-hydrogen) atoms. The van der Waals surface area contributed by atoms with Crippen molar-refractivity contribution in [3.63, 3.8) is 0 Å². The van der Waals surface area contributed by atoms with E-state index in [-0.39, 0.29) is 106 Å². The van der Waals surface area contributed by atoms with Gasteiger partial charge in [0.25, 0.3) is 0 Å². The van der Waals surface area contributed by atoms with Crippen LogP contribution in [0, 0.1) is 0 Å². The molecule has 0 aliphatic carbocycles. The minimum absolute atomic E-state index is 0. The summed E-state index contributed by atoms with van der Waals surface area (Å²) in [5, 5.41) is 4.68. The fraction of sp³-hybridized carbons (Fsp3) is 0.0714. The molecule has 0 aliphatic heterocycles. The number of nitrogens with one attached hydrogen (secondary N) is 2. The van der Waals surface area contributed by atoms with Gasteiger partial charge in [-0.3, -0.25) is 10.6 Å². The number of rotatable bonds is 9. The summed E-state index contributed by atoms with van der Waals surface area (Å²) in [4.78, 5) is 23.1. The molecule has 4 aromatic rings. The number of ether oxygens (including phenoxy) is 2. The first-order valence-corrected chi connectivity index (χ1v) is 15.0. The first-order chi connectivity index (χ1) is 19.9. The predicted molar refractivity (Wildman–Crippen MR) is 148 cm³/mol. The first kappa shape index (κ1) is 37.4. The van der Waals surface area contributed by atoms with E-state index in [1.54, 1.807) is 36.4 Å². The quantitative estimate of drug-likeness (QED) is 0.159. The van der Waals surface area contributed by atoms with Crippen LogP contribution in [-0.2, 0) is 33.1 Å². The van der Waals surface area contributed by atoms with Gasteiger partial charge in [0, 0.05) is 11.4 Å². The molecule has 218 valence electrons. The maximum atomic E-state index is 12.2. The SMILES string of the molecule is O=C(Nc1ccc(CCc2ccc(NC(=O)Oc3ccccc3)cc2S(=O)(=O)[O-])c(S(=O)(=O)[O-])c1)Oc1ccccc1.[Na+].[Na+]. The van der Waals surface area contributed by atoms with Crippen LogP contribution in [0.25, 0.3) is 0 Å². The van der Waals surface area contributed by atoms with Crippen LogP contribution in [0.5, 0.6) is 11.5 Å². The Morgan fingerprint density at radius 3 is 1.23 bits per heavy atom. The fourth-order valence-corrected chi connectivity index (χ4v) is 5.42. The normalized spacial score (nSPS) is 10.9. The molecule has 0 fully saturated rings. The third-order valence-electron chi connectivity index (χ3n) is 5.74. The van der Waals surface area contributed by atoms with E-state index in [0.29, 0.717) is 0 Å². The molecule has 0 heterocycles. The van der Waals surface area contributed by atoms with Crippen LogP contribution >= 0.6 is 0 Å². The average Bonchev–Trinajstić information content (AvgIpc) is 2.92. The zero-order valence-corrected chi connectivity index (χ0v) is 29.2. The van der Waals surface area contributed by atoms with E-state index in [2.05, 4.69) is 10.6 Å². The molecular weight excluding hydrogens is 634 g/mol. The van der Waals surface area contributed by atoms with Crippen molar-refractivity contribution < 1.29 is 104 Å². The molecule has 12 nitrogen and oxygen atoms in total. The van der Waals surface area contributed by atoms with Crippen molar-refractivity contribution in [2.45, 2.75) is 22.6 Å². The Kier molecular flexibility index (Phi) is 14.1. The second-order valence-electron chi connectivity index (χ2n) is 8.71. The molecule has 0 unspecified atom stereocenters. The van der Waals surface area contributed by atoms with Gasteiger partial charge >= 0.3 is 71.3 Å². The van der Waals surface area contributed by atoms with E-state index in [1.807, 2.05) is 0 Å². The molecule has 0 atom stereocenters. The van der Waals surface area contributed by atoms with Crippen LogP contribution in [0.3, 0.4) is 0 Å². The van der Waals surface area contributed by atoms with E-state index in [4.69, 9.17) is 9.47 Å². The number of amides is 2. The number of hydrogen-bond donors (Lipinski definition) is 2. The van der Waals surface area contributed by atoms with Crippen molar-refractivity contribution in [2.24, 2.45) is 0 Å². The molecule has 2 amide bonds. The van der Waals surface area contributed by atoms with Crippen LogP contribution in [0.1, 0.15) is 11.1 Å². The van der Waals surface area contributed by atoms with Gasteiger partial charge in [-0.25, -0.2) is 26.4 Å². The first-order valence-electron chi connectivity index (χ1n) is 12.1. The molecule has 0 saturated carbocycles. The van der Waals surface area contributed by atoms with Crippen LogP contribution in [-0.4, -0.2) is 38.1 Å². The Labute approximate surface area is 298 Å². The molecule has 0 saturated heterocycles. The largest absolute Gasteiger partial charge is 1.00 e. The summed E-state index contributed by atoms with van der Waals surface area (Å²) < 4.78 is 82.2. The minimum Gasteiger partial charge on any atom is -0.744 e. The van der Waals surface area contributed by atoms with E-state index in [1.165, 1.54) is 48.5 Å². The zero-order chi connectivity index (χ0) is 30.3. The number of carbonyl (C=O) groups is 2. The third kappa shape index (κ3) is 11.0. The summed E-state index contributed by atoms with van der Waals surface area (Å²) in [5.74, 6) is 0.475. The maximum Gasteiger partial charge on any atom is 1.00 e. The predicted octanol–water partition coefficient (Wildman–Crippen LogP) is -1.49. The number of carbonyl (C=O) groups excluding carboxylic acids is 2. The van der Waals surface area contributed by atoms with E-state index in [9.17, 15) is 35.5 Å². The molecule has 16 heteroatoms. The summed E-state index contributed by atoms with van der Waals surface area (Å²) in [7, 11) is -10.0. The van der Waals surface area contributed by atoms with Crippen molar-refractivity contribution in [3.8, 4) is 11.5 Å². The van der Waals surface area contributed by atoms with E-state index in [0.717, 1.165) is 12.1 Å². The molecule has 0 aromatic heterocycles. The van der Waals surface area contributed by atoms with Crippen molar-refractivity contribution in [3.05, 3.63) is 108 Å². The summed E-state index contributed by atoms with van der Waals surface area (Å²) in [6.45, 7) is 0. The van der Waals surface area contributed by atoms with Crippen molar-refractivity contribution >= 4 is 43.8 Å². The Morgan fingerprint density at radius 1 is 0.568 bits per heavy atom. The molecule has 0 radical (unpaired) electrons. The molecule has 0 aliphatic rings. The smallest absolute Gasteiger partial charge is 0.744 e. The second-order valence-corrected chi connectivity index (χ2v) is 11.4. The van der Waals surface area contributed by atoms with Gasteiger partial charge in [0.05, 0.1) is 9.79 Å². The van der Waals surface area contributed by atoms with E-state index < -0.39 is 42.2 Å². The van der Waals surface area contributed by atoms with Crippen LogP contribution in [0.2, 0.25) is 0 Å². The number of aryl methyl sites for hydroxylation is 2. The average molecular weight is 657 g/mol. The van der Waals surface area contributed by atoms with Crippen molar-refractivity contribution in [1.82, 2.24) is 0 Å². The minimum atomic E-state index is -5.02. The number of para-hydroxylation sites is 2. The second kappa shape index (κ2) is 16.5. The number of benzene rings is 4. The van der Waals surface area contributed by atoms with Gasteiger partial charge < -0.3 is 18.6 Å². The summed E-state index contributed by atoms with van der Waals surface area (Å²) in [6.07, 6.45) is -2.15. The molecule has 4 rings (SSSR count). The maximum absolute atomic E-state index is 12.2. The van der Waals surface area contributed by atoms with Gasteiger partial charge in [-0.1, -0.05) is 48.5 Å². The van der Waals surface area contributed by atoms with Gasteiger partial charge in [-0.05, 0) is 72.5 Å². The summed E-state index contributed by atoms with van der Waals surface area (Å²) in [6, 6.07) is 23.3. The van der Waals surface area contributed by atoms with Crippen LogP contribution in [0.15, 0.2) is 107 Å². The van der Waals surface area contributed by atoms with Crippen LogP contribution in [0.4, 0.5) is 21.0 Å². The third-order valence-corrected chi connectivity index (χ3v) is 7.57. The molecule has 0 spiro atoms. The van der Waals surface area contributed by atoms with E-state index >= 15 is 0 Å². The zero-order valence-electron chi connectivity index (χ0n) is 23.6. The Bertz CT molecular complexity index is 1690. The Balaban J connectivity index is 0.00000337. The number of anilines is 2.